The minimum atomic E-state index is -3.73. The number of benzene rings is 2. The SMILES string of the molecule is COc1ccc(S(=O)(=O)N2CCc3nc(Cc4ccccc4OC)[nH]c(=O)c3C2)cc1. The van der Waals surface area contributed by atoms with Crippen molar-refractivity contribution in [3.8, 4) is 11.5 Å². The van der Waals surface area contributed by atoms with E-state index in [2.05, 4.69) is 9.97 Å². The Morgan fingerprint density at radius 2 is 1.81 bits per heavy atom. The number of H-pyrrole nitrogens is 1. The Morgan fingerprint density at radius 3 is 2.52 bits per heavy atom. The summed E-state index contributed by atoms with van der Waals surface area (Å²) in [5.41, 5.74) is 1.61. The molecule has 31 heavy (non-hydrogen) atoms. The molecule has 0 bridgehead atoms. The molecule has 1 aliphatic heterocycles. The summed E-state index contributed by atoms with van der Waals surface area (Å²) in [7, 11) is -0.616. The molecule has 0 atom stereocenters. The number of sulfonamides is 1. The molecule has 2 aromatic carbocycles. The van der Waals surface area contributed by atoms with Gasteiger partial charge in [0.05, 0.1) is 30.4 Å². The lowest BCUT2D eigenvalue weighted by Crippen LogP contribution is -2.39. The number of aromatic amines is 1. The zero-order chi connectivity index (χ0) is 22.0. The Kier molecular flexibility index (Phi) is 5.79. The van der Waals surface area contributed by atoms with Gasteiger partial charge in [0.25, 0.3) is 5.56 Å². The monoisotopic (exact) mass is 441 g/mol. The van der Waals surface area contributed by atoms with Crippen molar-refractivity contribution in [3.63, 3.8) is 0 Å². The zero-order valence-electron chi connectivity index (χ0n) is 17.3. The van der Waals surface area contributed by atoms with Gasteiger partial charge in [-0.15, -0.1) is 0 Å². The zero-order valence-corrected chi connectivity index (χ0v) is 18.1. The molecule has 2 heterocycles. The Hall–Kier alpha value is -3.17. The largest absolute Gasteiger partial charge is 0.497 e. The summed E-state index contributed by atoms with van der Waals surface area (Å²) >= 11 is 0. The summed E-state index contributed by atoms with van der Waals surface area (Å²) in [4.78, 5) is 20.3. The predicted molar refractivity (Wildman–Crippen MR) is 115 cm³/mol. The average molecular weight is 442 g/mol. The normalized spacial score (nSPS) is 14.1. The van der Waals surface area contributed by atoms with Gasteiger partial charge in [0.15, 0.2) is 0 Å². The molecule has 0 aliphatic carbocycles. The van der Waals surface area contributed by atoms with Crippen LogP contribution in [0.3, 0.4) is 0 Å². The number of methoxy groups -OCH3 is 2. The number of aromatic nitrogens is 2. The molecule has 0 saturated heterocycles. The second kappa shape index (κ2) is 8.52. The maximum absolute atomic E-state index is 13.0. The summed E-state index contributed by atoms with van der Waals surface area (Å²) in [6, 6.07) is 13.8. The van der Waals surface area contributed by atoms with E-state index >= 15 is 0 Å². The van der Waals surface area contributed by atoms with Crippen molar-refractivity contribution in [3.05, 3.63) is 81.5 Å². The van der Waals surface area contributed by atoms with Gasteiger partial charge < -0.3 is 14.5 Å². The molecule has 0 unspecified atom stereocenters. The quantitative estimate of drug-likeness (QED) is 0.629. The van der Waals surface area contributed by atoms with E-state index in [-0.39, 0.29) is 23.5 Å². The van der Waals surface area contributed by atoms with Crippen molar-refractivity contribution in [1.29, 1.82) is 0 Å². The highest BCUT2D eigenvalue weighted by Crippen LogP contribution is 2.25. The van der Waals surface area contributed by atoms with Gasteiger partial charge in [0.1, 0.15) is 17.3 Å². The highest BCUT2D eigenvalue weighted by molar-refractivity contribution is 7.89. The van der Waals surface area contributed by atoms with Crippen molar-refractivity contribution in [2.45, 2.75) is 24.3 Å². The minimum Gasteiger partial charge on any atom is -0.497 e. The van der Waals surface area contributed by atoms with Crippen LogP contribution >= 0.6 is 0 Å². The first kappa shape index (κ1) is 21.1. The Morgan fingerprint density at radius 1 is 1.06 bits per heavy atom. The fourth-order valence-electron chi connectivity index (χ4n) is 3.67. The Labute approximate surface area is 180 Å². The van der Waals surface area contributed by atoms with Crippen LogP contribution in [0.2, 0.25) is 0 Å². The molecule has 4 rings (SSSR count). The second-order valence-electron chi connectivity index (χ2n) is 7.19. The Bertz CT molecular complexity index is 1250. The molecule has 0 amide bonds. The number of fused-ring (bicyclic) bond motifs is 1. The molecular formula is C22H23N3O5S. The molecule has 1 aromatic heterocycles. The van der Waals surface area contributed by atoms with Crippen LogP contribution in [0, 0.1) is 0 Å². The van der Waals surface area contributed by atoms with E-state index in [1.807, 2.05) is 24.3 Å². The molecule has 0 spiro atoms. The number of rotatable bonds is 6. The third-order valence-electron chi connectivity index (χ3n) is 5.33. The lowest BCUT2D eigenvalue weighted by Gasteiger charge is -2.27. The van der Waals surface area contributed by atoms with Gasteiger partial charge in [0, 0.05) is 31.5 Å². The minimum absolute atomic E-state index is 0.0129. The summed E-state index contributed by atoms with van der Waals surface area (Å²) in [6.07, 6.45) is 0.786. The molecule has 0 fully saturated rings. The summed E-state index contributed by atoms with van der Waals surface area (Å²) in [5, 5.41) is 0. The number of hydrogen-bond donors (Lipinski definition) is 1. The molecule has 1 N–H and O–H groups in total. The lowest BCUT2D eigenvalue weighted by molar-refractivity contribution is 0.384. The molecule has 8 nitrogen and oxygen atoms in total. The molecular weight excluding hydrogens is 418 g/mol. The summed E-state index contributed by atoms with van der Waals surface area (Å²) in [6.45, 7) is 0.243. The van der Waals surface area contributed by atoms with E-state index < -0.39 is 10.0 Å². The topological polar surface area (TPSA) is 102 Å². The number of para-hydroxylation sites is 1. The van der Waals surface area contributed by atoms with E-state index in [0.29, 0.717) is 35.7 Å². The molecule has 1 aliphatic rings. The van der Waals surface area contributed by atoms with E-state index in [9.17, 15) is 13.2 Å². The first-order valence-corrected chi connectivity index (χ1v) is 11.2. The predicted octanol–water partition coefficient (Wildman–Crippen LogP) is 2.12. The van der Waals surface area contributed by atoms with Gasteiger partial charge in [-0.3, -0.25) is 4.79 Å². The number of nitrogens with one attached hydrogen (secondary N) is 1. The van der Waals surface area contributed by atoms with Crippen LogP contribution in [-0.4, -0.2) is 43.5 Å². The van der Waals surface area contributed by atoms with Crippen LogP contribution < -0.4 is 15.0 Å². The van der Waals surface area contributed by atoms with E-state index in [1.54, 1.807) is 19.2 Å². The van der Waals surface area contributed by atoms with Crippen molar-refractivity contribution in [2.24, 2.45) is 0 Å². The van der Waals surface area contributed by atoms with Crippen LogP contribution in [0.5, 0.6) is 11.5 Å². The molecule has 0 radical (unpaired) electrons. The van der Waals surface area contributed by atoms with Crippen molar-refractivity contribution < 1.29 is 17.9 Å². The summed E-state index contributed by atoms with van der Waals surface area (Å²) < 4.78 is 37.8. The molecule has 0 saturated carbocycles. The first-order valence-electron chi connectivity index (χ1n) is 9.79. The lowest BCUT2D eigenvalue weighted by atomic mass is 10.1. The van der Waals surface area contributed by atoms with E-state index in [1.165, 1.54) is 23.5 Å². The summed E-state index contributed by atoms with van der Waals surface area (Å²) in [5.74, 6) is 1.82. The third-order valence-corrected chi connectivity index (χ3v) is 7.19. The highest BCUT2D eigenvalue weighted by Gasteiger charge is 2.30. The highest BCUT2D eigenvalue weighted by atomic mass is 32.2. The van der Waals surface area contributed by atoms with E-state index in [4.69, 9.17) is 9.47 Å². The van der Waals surface area contributed by atoms with Gasteiger partial charge in [-0.25, -0.2) is 13.4 Å². The smallest absolute Gasteiger partial charge is 0.255 e. The van der Waals surface area contributed by atoms with Crippen LogP contribution in [0.4, 0.5) is 0 Å². The molecule has 3 aromatic rings. The van der Waals surface area contributed by atoms with E-state index in [0.717, 1.165) is 11.3 Å². The second-order valence-corrected chi connectivity index (χ2v) is 9.13. The van der Waals surface area contributed by atoms with Crippen LogP contribution in [0.1, 0.15) is 22.6 Å². The van der Waals surface area contributed by atoms with Crippen molar-refractivity contribution in [2.75, 3.05) is 20.8 Å². The maximum Gasteiger partial charge on any atom is 0.255 e. The fourth-order valence-corrected chi connectivity index (χ4v) is 5.08. The van der Waals surface area contributed by atoms with Gasteiger partial charge >= 0.3 is 0 Å². The number of ether oxygens (including phenoxy) is 2. The van der Waals surface area contributed by atoms with Crippen LogP contribution in [0.25, 0.3) is 0 Å². The first-order chi connectivity index (χ1) is 14.9. The van der Waals surface area contributed by atoms with Gasteiger partial charge in [-0.2, -0.15) is 4.31 Å². The van der Waals surface area contributed by atoms with Gasteiger partial charge in [0.2, 0.25) is 10.0 Å². The molecule has 9 heteroatoms. The Balaban J connectivity index is 1.59. The third kappa shape index (κ3) is 4.19. The molecule has 162 valence electrons. The van der Waals surface area contributed by atoms with Crippen molar-refractivity contribution in [1.82, 2.24) is 14.3 Å². The standard InChI is InChI=1S/C22H23N3O5S/c1-29-16-7-9-17(10-8-16)31(27,28)25-12-11-19-18(14-25)22(26)24-21(23-19)13-15-5-3-4-6-20(15)30-2/h3-10H,11-14H2,1-2H3,(H,23,24,26). The van der Waals surface area contributed by atoms with Crippen molar-refractivity contribution >= 4 is 10.0 Å². The maximum atomic E-state index is 13.0. The van der Waals surface area contributed by atoms with Gasteiger partial charge in [-0.05, 0) is 30.3 Å². The average Bonchev–Trinajstić information content (AvgIpc) is 2.79. The number of hydrogen-bond acceptors (Lipinski definition) is 6. The number of nitrogens with zero attached hydrogens (tertiary/aromatic N) is 2. The van der Waals surface area contributed by atoms with Gasteiger partial charge in [-0.1, -0.05) is 18.2 Å². The fraction of sp³-hybridized carbons (Fsp3) is 0.273. The van der Waals surface area contributed by atoms with Crippen LogP contribution in [-0.2, 0) is 29.4 Å². The van der Waals surface area contributed by atoms with Crippen LogP contribution in [0.15, 0.2) is 58.2 Å².